The summed E-state index contributed by atoms with van der Waals surface area (Å²) in [5, 5.41) is 8.99. The van der Waals surface area contributed by atoms with Crippen molar-refractivity contribution in [3.05, 3.63) is 77.5 Å². The van der Waals surface area contributed by atoms with E-state index in [1.165, 1.54) is 16.7 Å². The van der Waals surface area contributed by atoms with Gasteiger partial charge >= 0.3 is 12.1 Å². The Balaban J connectivity index is 2.21. The number of aromatic nitrogens is 1. The minimum Gasteiger partial charge on any atom is -0.481 e. The van der Waals surface area contributed by atoms with Gasteiger partial charge in [-0.3, -0.25) is 4.79 Å². The fourth-order valence-electron chi connectivity index (χ4n) is 3.05. The fourth-order valence-corrected chi connectivity index (χ4v) is 3.05. The lowest BCUT2D eigenvalue weighted by molar-refractivity contribution is -0.138. The van der Waals surface area contributed by atoms with Gasteiger partial charge < -0.3 is 9.67 Å². The third-order valence-corrected chi connectivity index (χ3v) is 4.35. The molecule has 0 saturated heterocycles. The molecule has 0 atom stereocenters. The van der Waals surface area contributed by atoms with Gasteiger partial charge in [-0.1, -0.05) is 42.0 Å². The zero-order valence-electron chi connectivity index (χ0n) is 14.6. The van der Waals surface area contributed by atoms with Crippen molar-refractivity contribution < 1.29 is 23.1 Å². The highest BCUT2D eigenvalue weighted by atomic mass is 19.4. The number of hydrogen-bond acceptors (Lipinski definition) is 1. The van der Waals surface area contributed by atoms with Crippen LogP contribution >= 0.6 is 0 Å². The Hall–Kier alpha value is -3.02. The molecule has 140 valence electrons. The van der Waals surface area contributed by atoms with Gasteiger partial charge in [0.2, 0.25) is 0 Å². The molecule has 0 aliphatic heterocycles. The second-order valence-corrected chi connectivity index (χ2v) is 6.32. The Morgan fingerprint density at radius 1 is 1.00 bits per heavy atom. The molecule has 0 aliphatic carbocycles. The normalized spacial score (nSPS) is 11.6. The van der Waals surface area contributed by atoms with Crippen LogP contribution in [0.25, 0.3) is 16.9 Å². The summed E-state index contributed by atoms with van der Waals surface area (Å²) in [7, 11) is 0. The van der Waals surface area contributed by atoms with E-state index in [-0.39, 0.29) is 18.5 Å². The molecule has 3 nitrogen and oxygen atoms in total. The number of alkyl halides is 3. The number of hydrogen-bond donors (Lipinski definition) is 1. The lowest BCUT2D eigenvalue weighted by atomic mass is 10.1. The summed E-state index contributed by atoms with van der Waals surface area (Å²) in [4.78, 5) is 11.0. The average molecular weight is 373 g/mol. The molecule has 27 heavy (non-hydrogen) atoms. The van der Waals surface area contributed by atoms with E-state index in [0.29, 0.717) is 11.4 Å². The van der Waals surface area contributed by atoms with Crippen LogP contribution in [0.15, 0.2) is 60.7 Å². The highest BCUT2D eigenvalue weighted by Gasteiger charge is 2.34. The van der Waals surface area contributed by atoms with Crippen LogP contribution in [-0.4, -0.2) is 15.6 Å². The number of benzene rings is 2. The molecule has 0 amide bonds. The number of rotatable bonds is 5. The molecule has 0 bridgehead atoms. The lowest BCUT2D eigenvalue weighted by Crippen LogP contribution is -2.13. The van der Waals surface area contributed by atoms with E-state index in [4.69, 9.17) is 5.11 Å². The van der Waals surface area contributed by atoms with Gasteiger partial charge in [-0.15, -0.1) is 0 Å². The van der Waals surface area contributed by atoms with Crippen molar-refractivity contribution in [1.29, 1.82) is 0 Å². The molecule has 0 saturated carbocycles. The molecule has 3 rings (SSSR count). The van der Waals surface area contributed by atoms with Crippen molar-refractivity contribution in [3.8, 4) is 16.9 Å². The van der Waals surface area contributed by atoms with Crippen molar-refractivity contribution in [2.24, 2.45) is 0 Å². The van der Waals surface area contributed by atoms with Crippen molar-refractivity contribution in [1.82, 2.24) is 4.57 Å². The molecule has 1 N–H and O–H groups in total. The van der Waals surface area contributed by atoms with Gasteiger partial charge in [0, 0.05) is 5.69 Å². The van der Waals surface area contributed by atoms with Crippen LogP contribution in [0.5, 0.6) is 0 Å². The maximum Gasteiger partial charge on any atom is 0.418 e. The molecule has 0 radical (unpaired) electrons. The number of aryl methyl sites for hydroxylation is 2. The minimum absolute atomic E-state index is 0.00837. The van der Waals surface area contributed by atoms with E-state index < -0.39 is 17.7 Å². The smallest absolute Gasteiger partial charge is 0.418 e. The van der Waals surface area contributed by atoms with Gasteiger partial charge in [0.1, 0.15) is 0 Å². The molecular formula is C21H18F3NO2. The molecule has 0 unspecified atom stereocenters. The Bertz CT molecular complexity index is 956. The Morgan fingerprint density at radius 2 is 1.67 bits per heavy atom. The quantitative estimate of drug-likeness (QED) is 0.643. The van der Waals surface area contributed by atoms with Gasteiger partial charge in [0.25, 0.3) is 0 Å². The standard InChI is InChI=1S/C21H18F3NO2/c1-14-6-8-15(9-7-14)18-12-10-16(11-13-20(26)27)25(18)19-5-3-2-4-17(19)21(22,23)24/h2-10,12H,11,13H2,1H3,(H,26,27). The second kappa shape index (κ2) is 7.31. The van der Waals surface area contributed by atoms with Crippen molar-refractivity contribution in [2.45, 2.75) is 25.9 Å². The zero-order valence-corrected chi connectivity index (χ0v) is 14.6. The Morgan fingerprint density at radius 3 is 2.30 bits per heavy atom. The molecule has 0 spiro atoms. The monoisotopic (exact) mass is 373 g/mol. The van der Waals surface area contributed by atoms with E-state index in [9.17, 15) is 18.0 Å². The first-order valence-corrected chi connectivity index (χ1v) is 8.43. The third-order valence-electron chi connectivity index (χ3n) is 4.35. The summed E-state index contributed by atoms with van der Waals surface area (Å²) in [6.45, 7) is 1.93. The number of carboxylic acid groups (broad SMARTS) is 1. The average Bonchev–Trinajstić information content (AvgIpc) is 3.03. The first kappa shape index (κ1) is 18.8. The van der Waals surface area contributed by atoms with Gasteiger partial charge in [-0.05, 0) is 43.2 Å². The summed E-state index contributed by atoms with van der Waals surface area (Å²) < 4.78 is 42.2. The molecule has 1 aromatic heterocycles. The predicted molar refractivity (Wildman–Crippen MR) is 96.9 cm³/mol. The topological polar surface area (TPSA) is 42.2 Å². The molecule has 2 aromatic carbocycles. The summed E-state index contributed by atoms with van der Waals surface area (Å²) >= 11 is 0. The third kappa shape index (κ3) is 4.05. The first-order chi connectivity index (χ1) is 12.8. The number of nitrogens with zero attached hydrogens (tertiary/aromatic N) is 1. The van der Waals surface area contributed by atoms with Crippen molar-refractivity contribution >= 4 is 5.97 Å². The largest absolute Gasteiger partial charge is 0.481 e. The van der Waals surface area contributed by atoms with Gasteiger partial charge in [0.15, 0.2) is 0 Å². The number of carbonyl (C=O) groups is 1. The van der Waals surface area contributed by atoms with E-state index in [0.717, 1.165) is 17.2 Å². The molecule has 3 aromatic rings. The van der Waals surface area contributed by atoms with Crippen LogP contribution in [0.4, 0.5) is 13.2 Å². The van der Waals surface area contributed by atoms with Crippen LogP contribution in [0.1, 0.15) is 23.2 Å². The molecular weight excluding hydrogens is 355 g/mol. The van der Waals surface area contributed by atoms with Crippen LogP contribution in [0.3, 0.4) is 0 Å². The van der Waals surface area contributed by atoms with Gasteiger partial charge in [0.05, 0.1) is 23.4 Å². The number of aliphatic carboxylic acids is 1. The second-order valence-electron chi connectivity index (χ2n) is 6.32. The fraction of sp³-hybridized carbons (Fsp3) is 0.190. The molecule has 0 aliphatic rings. The maximum absolute atomic E-state index is 13.6. The Kier molecular flexibility index (Phi) is 5.08. The van der Waals surface area contributed by atoms with Crippen LogP contribution in [0, 0.1) is 6.92 Å². The summed E-state index contributed by atoms with van der Waals surface area (Å²) in [6, 6.07) is 16.2. The molecule has 6 heteroatoms. The number of halogens is 3. The maximum atomic E-state index is 13.6. The summed E-state index contributed by atoms with van der Waals surface area (Å²) in [5.41, 5.74) is 2.15. The first-order valence-electron chi connectivity index (χ1n) is 8.43. The van der Waals surface area contributed by atoms with Crippen molar-refractivity contribution in [3.63, 3.8) is 0 Å². The number of para-hydroxylation sites is 1. The molecule has 1 heterocycles. The highest BCUT2D eigenvalue weighted by Crippen LogP contribution is 2.37. The lowest BCUT2D eigenvalue weighted by Gasteiger charge is -2.19. The van der Waals surface area contributed by atoms with E-state index in [2.05, 4.69) is 0 Å². The minimum atomic E-state index is -4.52. The highest BCUT2D eigenvalue weighted by molar-refractivity contribution is 5.68. The predicted octanol–water partition coefficient (Wildman–Crippen LogP) is 5.49. The van der Waals surface area contributed by atoms with Crippen LogP contribution in [-0.2, 0) is 17.4 Å². The van der Waals surface area contributed by atoms with Gasteiger partial charge in [-0.2, -0.15) is 13.2 Å². The van der Waals surface area contributed by atoms with Crippen molar-refractivity contribution in [2.75, 3.05) is 0 Å². The van der Waals surface area contributed by atoms with Gasteiger partial charge in [-0.25, -0.2) is 0 Å². The number of carboxylic acids is 1. The van der Waals surface area contributed by atoms with E-state index in [1.807, 2.05) is 31.2 Å². The summed E-state index contributed by atoms with van der Waals surface area (Å²) in [6.07, 6.45) is -4.55. The Labute approximate surface area is 154 Å². The van der Waals surface area contributed by atoms with E-state index >= 15 is 0 Å². The SMILES string of the molecule is Cc1ccc(-c2ccc(CCC(=O)O)n2-c2ccccc2C(F)(F)F)cc1. The zero-order chi connectivity index (χ0) is 19.6. The van der Waals surface area contributed by atoms with Crippen LogP contribution < -0.4 is 0 Å². The summed E-state index contributed by atoms with van der Waals surface area (Å²) in [5.74, 6) is -0.997. The molecule has 0 fully saturated rings. The van der Waals surface area contributed by atoms with Crippen LogP contribution in [0.2, 0.25) is 0 Å². The van der Waals surface area contributed by atoms with E-state index in [1.54, 1.807) is 18.2 Å².